The van der Waals surface area contributed by atoms with E-state index in [1.807, 2.05) is 0 Å². The fraction of sp³-hybridized carbons (Fsp3) is 0.111. The molecule has 0 fully saturated rings. The molecule has 0 heterocycles. The molecule has 0 aliphatic rings. The van der Waals surface area contributed by atoms with Gasteiger partial charge in [0.05, 0.1) is 15.8 Å². The van der Waals surface area contributed by atoms with Crippen molar-refractivity contribution in [2.45, 2.75) is 6.92 Å². The molecule has 86 valence electrons. The molecular weight excluding hydrogens is 272 g/mol. The monoisotopic (exact) mass is 279 g/mol. The molecule has 0 saturated carbocycles. The molecule has 1 rings (SSSR count). The van der Waals surface area contributed by atoms with Crippen molar-refractivity contribution in [2.24, 2.45) is 10.8 Å². The zero-order valence-electron chi connectivity index (χ0n) is 8.22. The fourth-order valence-corrected chi connectivity index (χ4v) is 1.56. The number of hydrogen-bond donors (Lipinski definition) is 2. The van der Waals surface area contributed by atoms with E-state index in [4.69, 9.17) is 28.9 Å². The van der Waals surface area contributed by atoms with Crippen LogP contribution in [0, 0.1) is 5.82 Å². The van der Waals surface area contributed by atoms with Gasteiger partial charge in [0.2, 0.25) is 0 Å². The fourth-order valence-electron chi connectivity index (χ4n) is 0.999. The number of nitrogens with one attached hydrogen (secondary N) is 1. The highest BCUT2D eigenvalue weighted by atomic mass is 35.5. The average molecular weight is 280 g/mol. The summed E-state index contributed by atoms with van der Waals surface area (Å²) in [4.78, 5) is 0. The molecular formula is C9H8Cl2FN3S. The lowest BCUT2D eigenvalue weighted by atomic mass is 10.1. The number of benzene rings is 1. The third-order valence-corrected chi connectivity index (χ3v) is 2.43. The zero-order valence-corrected chi connectivity index (χ0v) is 10.5. The van der Waals surface area contributed by atoms with Crippen LogP contribution in [0.3, 0.4) is 0 Å². The third-order valence-electron chi connectivity index (χ3n) is 1.73. The van der Waals surface area contributed by atoms with Crippen molar-refractivity contribution in [2.75, 3.05) is 0 Å². The van der Waals surface area contributed by atoms with E-state index in [2.05, 4.69) is 22.7 Å². The van der Waals surface area contributed by atoms with Crippen LogP contribution in [0.25, 0.3) is 0 Å². The van der Waals surface area contributed by atoms with Gasteiger partial charge in [0.15, 0.2) is 5.11 Å². The third kappa shape index (κ3) is 3.30. The van der Waals surface area contributed by atoms with Gasteiger partial charge in [-0.15, -0.1) is 0 Å². The maximum Gasteiger partial charge on any atom is 0.184 e. The van der Waals surface area contributed by atoms with Crippen molar-refractivity contribution < 1.29 is 4.39 Å². The number of halogens is 3. The van der Waals surface area contributed by atoms with Crippen LogP contribution < -0.4 is 11.2 Å². The lowest BCUT2D eigenvalue weighted by Gasteiger charge is -2.05. The van der Waals surface area contributed by atoms with Crippen LogP contribution in [0.2, 0.25) is 10.0 Å². The van der Waals surface area contributed by atoms with Crippen molar-refractivity contribution in [3.05, 3.63) is 33.6 Å². The molecule has 0 aliphatic heterocycles. The Morgan fingerprint density at radius 1 is 1.44 bits per heavy atom. The number of nitrogens with zero attached hydrogens (tertiary/aromatic N) is 1. The normalized spacial score (nSPS) is 11.4. The van der Waals surface area contributed by atoms with Gasteiger partial charge in [-0.25, -0.2) is 4.39 Å². The zero-order chi connectivity index (χ0) is 12.3. The van der Waals surface area contributed by atoms with Gasteiger partial charge >= 0.3 is 0 Å². The molecule has 0 aromatic heterocycles. The summed E-state index contributed by atoms with van der Waals surface area (Å²) >= 11 is 16.0. The predicted molar refractivity (Wildman–Crippen MR) is 68.6 cm³/mol. The van der Waals surface area contributed by atoms with Crippen molar-refractivity contribution >= 4 is 46.2 Å². The molecule has 0 spiro atoms. The van der Waals surface area contributed by atoms with E-state index < -0.39 is 5.82 Å². The summed E-state index contributed by atoms with van der Waals surface area (Å²) in [5.41, 5.74) is 8.46. The SMILES string of the molecule is CC(=NNC(N)=S)c1cc(F)c(Cl)cc1Cl. The molecule has 0 saturated heterocycles. The second-order valence-electron chi connectivity index (χ2n) is 2.92. The van der Waals surface area contributed by atoms with Crippen LogP contribution in [0.4, 0.5) is 4.39 Å². The van der Waals surface area contributed by atoms with Crippen molar-refractivity contribution in [1.29, 1.82) is 0 Å². The highest BCUT2D eigenvalue weighted by Crippen LogP contribution is 2.24. The van der Waals surface area contributed by atoms with Crippen LogP contribution >= 0.6 is 35.4 Å². The second kappa shape index (κ2) is 5.43. The van der Waals surface area contributed by atoms with Gasteiger partial charge in [0.1, 0.15) is 5.82 Å². The molecule has 16 heavy (non-hydrogen) atoms. The number of hydrazone groups is 1. The van der Waals surface area contributed by atoms with E-state index in [1.54, 1.807) is 6.92 Å². The highest BCUT2D eigenvalue weighted by molar-refractivity contribution is 7.80. The Morgan fingerprint density at radius 3 is 2.62 bits per heavy atom. The number of thiocarbonyl (C=S) groups is 1. The van der Waals surface area contributed by atoms with E-state index >= 15 is 0 Å². The standard InChI is InChI=1S/C9H8Cl2FN3S/c1-4(14-15-9(13)16)5-2-8(12)7(11)3-6(5)10/h2-3H,1H3,(H3,13,15,16). The Morgan fingerprint density at radius 2 is 2.06 bits per heavy atom. The maximum absolute atomic E-state index is 13.2. The minimum absolute atomic E-state index is 0.0184. The number of nitrogens with two attached hydrogens (primary N) is 1. The first-order valence-corrected chi connectivity index (χ1v) is 5.33. The van der Waals surface area contributed by atoms with Gasteiger partial charge in [-0.1, -0.05) is 23.2 Å². The molecule has 0 radical (unpaired) electrons. The van der Waals surface area contributed by atoms with Crippen LogP contribution in [0.5, 0.6) is 0 Å². The first kappa shape index (κ1) is 13.2. The van der Waals surface area contributed by atoms with Gasteiger partial charge in [-0.2, -0.15) is 5.10 Å². The van der Waals surface area contributed by atoms with Gasteiger partial charge in [-0.05, 0) is 31.3 Å². The first-order valence-electron chi connectivity index (χ1n) is 4.16. The lowest BCUT2D eigenvalue weighted by molar-refractivity contribution is 0.628. The van der Waals surface area contributed by atoms with Gasteiger partial charge in [-0.3, -0.25) is 5.43 Å². The van der Waals surface area contributed by atoms with E-state index in [1.165, 1.54) is 12.1 Å². The van der Waals surface area contributed by atoms with Gasteiger partial charge in [0, 0.05) is 5.56 Å². The minimum atomic E-state index is -0.564. The van der Waals surface area contributed by atoms with Crippen LogP contribution in [0.15, 0.2) is 17.2 Å². The molecule has 7 heteroatoms. The topological polar surface area (TPSA) is 50.4 Å². The predicted octanol–water partition coefficient (Wildman–Crippen LogP) is 2.69. The summed E-state index contributed by atoms with van der Waals surface area (Å²) in [5.74, 6) is -0.564. The Bertz CT molecular complexity index is 462. The molecule has 1 aromatic carbocycles. The van der Waals surface area contributed by atoms with Crippen molar-refractivity contribution in [1.82, 2.24) is 5.43 Å². The Hall–Kier alpha value is -0.910. The Labute approximate surface area is 107 Å². The molecule has 0 amide bonds. The smallest absolute Gasteiger partial charge is 0.184 e. The van der Waals surface area contributed by atoms with E-state index in [0.717, 1.165) is 0 Å². The molecule has 0 aliphatic carbocycles. The molecule has 0 bridgehead atoms. The van der Waals surface area contributed by atoms with Crippen LogP contribution in [-0.2, 0) is 0 Å². The summed E-state index contributed by atoms with van der Waals surface area (Å²) < 4.78 is 13.2. The lowest BCUT2D eigenvalue weighted by Crippen LogP contribution is -2.25. The van der Waals surface area contributed by atoms with E-state index in [9.17, 15) is 4.39 Å². The summed E-state index contributed by atoms with van der Waals surface area (Å²) in [6.45, 7) is 1.64. The summed E-state index contributed by atoms with van der Waals surface area (Å²) in [5, 5.41) is 4.12. The highest BCUT2D eigenvalue weighted by Gasteiger charge is 2.09. The Balaban J connectivity index is 3.08. The van der Waals surface area contributed by atoms with E-state index in [-0.39, 0.29) is 10.1 Å². The van der Waals surface area contributed by atoms with Gasteiger partial charge < -0.3 is 5.73 Å². The molecule has 0 unspecified atom stereocenters. The van der Waals surface area contributed by atoms with Crippen LogP contribution in [-0.4, -0.2) is 10.8 Å². The minimum Gasteiger partial charge on any atom is -0.375 e. The van der Waals surface area contributed by atoms with Crippen molar-refractivity contribution in [3.8, 4) is 0 Å². The maximum atomic E-state index is 13.2. The number of rotatable bonds is 2. The van der Waals surface area contributed by atoms with Crippen LogP contribution in [0.1, 0.15) is 12.5 Å². The number of hydrogen-bond acceptors (Lipinski definition) is 2. The van der Waals surface area contributed by atoms with Gasteiger partial charge in [0.25, 0.3) is 0 Å². The Kier molecular flexibility index (Phi) is 4.46. The molecule has 1 aromatic rings. The summed E-state index contributed by atoms with van der Waals surface area (Å²) in [6.07, 6.45) is 0. The largest absolute Gasteiger partial charge is 0.375 e. The molecule has 0 atom stereocenters. The van der Waals surface area contributed by atoms with E-state index in [0.29, 0.717) is 16.3 Å². The average Bonchev–Trinajstić information content (AvgIpc) is 2.20. The second-order valence-corrected chi connectivity index (χ2v) is 4.17. The molecule has 3 N–H and O–H groups in total. The molecule has 3 nitrogen and oxygen atoms in total. The van der Waals surface area contributed by atoms with Crippen molar-refractivity contribution in [3.63, 3.8) is 0 Å². The first-order chi connectivity index (χ1) is 7.41. The summed E-state index contributed by atoms with van der Waals surface area (Å²) in [6, 6.07) is 2.51. The summed E-state index contributed by atoms with van der Waals surface area (Å²) in [7, 11) is 0. The quantitative estimate of drug-likeness (QED) is 0.379.